The van der Waals surface area contributed by atoms with E-state index in [2.05, 4.69) is 22.1 Å². The lowest BCUT2D eigenvalue weighted by molar-refractivity contribution is 0.216. The zero-order chi connectivity index (χ0) is 15.4. The summed E-state index contributed by atoms with van der Waals surface area (Å²) >= 11 is 0. The molecule has 7 heteroatoms. The molecule has 21 heavy (non-hydrogen) atoms. The minimum atomic E-state index is -1.63. The van der Waals surface area contributed by atoms with E-state index in [0.29, 0.717) is 12.8 Å². The molecule has 0 amide bonds. The van der Waals surface area contributed by atoms with Crippen LogP contribution in [0.1, 0.15) is 32.6 Å². The summed E-state index contributed by atoms with van der Waals surface area (Å²) in [6, 6.07) is -0.201. The van der Waals surface area contributed by atoms with E-state index in [1.54, 1.807) is 0 Å². The number of hydrogen-bond donors (Lipinski definition) is 1. The van der Waals surface area contributed by atoms with Crippen molar-refractivity contribution in [3.05, 3.63) is 23.5 Å². The number of halogens is 4. The van der Waals surface area contributed by atoms with Gasteiger partial charge in [0.1, 0.15) is 5.69 Å². The van der Waals surface area contributed by atoms with E-state index in [4.69, 9.17) is 0 Å². The molecule has 0 aliphatic carbocycles. The lowest BCUT2D eigenvalue weighted by atomic mass is 10.0. The smallest absolute Gasteiger partial charge is 0.253 e. The zero-order valence-electron chi connectivity index (χ0n) is 11.9. The summed E-state index contributed by atoms with van der Waals surface area (Å²) in [7, 11) is 0. The molecular weight excluding hydrogens is 286 g/mol. The van der Waals surface area contributed by atoms with Crippen molar-refractivity contribution in [2.24, 2.45) is 0 Å². The molecule has 1 fully saturated rings. The molecule has 2 rings (SSSR count). The Morgan fingerprint density at radius 1 is 1.10 bits per heavy atom. The number of likely N-dealkylation sites (tertiary alicyclic amines) is 1. The Morgan fingerprint density at radius 2 is 1.67 bits per heavy atom. The van der Waals surface area contributed by atoms with E-state index in [9.17, 15) is 17.6 Å². The van der Waals surface area contributed by atoms with Crippen LogP contribution in [-0.4, -0.2) is 35.6 Å². The van der Waals surface area contributed by atoms with Crippen LogP contribution in [0.25, 0.3) is 0 Å². The summed E-state index contributed by atoms with van der Waals surface area (Å²) in [5, 5.41) is 2.58. The van der Waals surface area contributed by atoms with Gasteiger partial charge in [0.2, 0.25) is 11.6 Å². The van der Waals surface area contributed by atoms with Crippen LogP contribution in [-0.2, 0) is 0 Å². The largest absolute Gasteiger partial charge is 0.377 e. The van der Waals surface area contributed by atoms with Crippen molar-refractivity contribution in [2.45, 2.75) is 38.6 Å². The number of nitrogens with one attached hydrogen (secondary N) is 1. The molecule has 1 N–H and O–H groups in total. The molecule has 2 heterocycles. The summed E-state index contributed by atoms with van der Waals surface area (Å²) in [4.78, 5) is 4.82. The van der Waals surface area contributed by atoms with Crippen LogP contribution in [0.15, 0.2) is 0 Å². The van der Waals surface area contributed by atoms with Gasteiger partial charge >= 0.3 is 0 Å². The van der Waals surface area contributed by atoms with E-state index in [1.807, 2.05) is 0 Å². The second-order valence-electron chi connectivity index (χ2n) is 5.31. The highest BCUT2D eigenvalue weighted by molar-refractivity contribution is 5.46. The minimum absolute atomic E-state index is 0.201. The van der Waals surface area contributed by atoms with Gasteiger partial charge in [-0.3, -0.25) is 0 Å². The van der Waals surface area contributed by atoms with Gasteiger partial charge in [0.25, 0.3) is 11.9 Å². The number of piperidine rings is 1. The van der Waals surface area contributed by atoms with Gasteiger partial charge in [-0.05, 0) is 25.8 Å². The lowest BCUT2D eigenvalue weighted by Crippen LogP contribution is -2.39. The van der Waals surface area contributed by atoms with Crippen molar-refractivity contribution >= 4 is 5.69 Å². The van der Waals surface area contributed by atoms with Gasteiger partial charge in [-0.2, -0.15) is 22.5 Å². The minimum Gasteiger partial charge on any atom is -0.377 e. The molecule has 0 atom stereocenters. The molecule has 0 saturated carbocycles. The molecule has 3 nitrogen and oxygen atoms in total. The van der Waals surface area contributed by atoms with E-state index >= 15 is 0 Å². The van der Waals surface area contributed by atoms with Crippen LogP contribution in [0.5, 0.6) is 0 Å². The second-order valence-corrected chi connectivity index (χ2v) is 5.31. The van der Waals surface area contributed by atoms with Crippen molar-refractivity contribution in [3.8, 4) is 0 Å². The van der Waals surface area contributed by atoms with Gasteiger partial charge in [0.15, 0.2) is 0 Å². The molecule has 1 aromatic rings. The Bertz CT molecular complexity index is 461. The Labute approximate surface area is 121 Å². The molecule has 1 saturated heterocycles. The summed E-state index contributed by atoms with van der Waals surface area (Å²) in [6.45, 7) is 4.73. The first-order chi connectivity index (χ1) is 10.0. The van der Waals surface area contributed by atoms with Crippen LogP contribution < -0.4 is 5.32 Å². The maximum absolute atomic E-state index is 13.5. The van der Waals surface area contributed by atoms with E-state index in [1.165, 1.54) is 0 Å². The Kier molecular flexibility index (Phi) is 5.39. The maximum Gasteiger partial charge on any atom is 0.253 e. The fraction of sp³-hybridized carbons (Fsp3) is 0.643. The first-order valence-corrected chi connectivity index (χ1v) is 7.21. The zero-order valence-corrected chi connectivity index (χ0v) is 11.9. The maximum atomic E-state index is 13.5. The summed E-state index contributed by atoms with van der Waals surface area (Å²) in [5.41, 5.74) is -0.757. The fourth-order valence-corrected chi connectivity index (χ4v) is 2.50. The number of nitrogens with zero attached hydrogens (tertiary/aromatic N) is 2. The molecule has 0 bridgehead atoms. The quantitative estimate of drug-likeness (QED) is 0.668. The third-order valence-corrected chi connectivity index (χ3v) is 3.76. The fourth-order valence-electron chi connectivity index (χ4n) is 2.50. The number of unbranched alkanes of at least 4 members (excludes halogenated alkanes) is 1. The lowest BCUT2D eigenvalue weighted by Gasteiger charge is -2.32. The number of anilines is 1. The predicted molar refractivity (Wildman–Crippen MR) is 72.1 cm³/mol. The summed E-state index contributed by atoms with van der Waals surface area (Å²) in [6.07, 6.45) is 3.58. The Balaban J connectivity index is 1.98. The highest BCUT2D eigenvalue weighted by atomic mass is 19.2. The van der Waals surface area contributed by atoms with Crippen LogP contribution in [0, 0.1) is 23.5 Å². The van der Waals surface area contributed by atoms with Gasteiger partial charge in [0.05, 0.1) is 0 Å². The van der Waals surface area contributed by atoms with E-state index < -0.39 is 29.2 Å². The van der Waals surface area contributed by atoms with Crippen LogP contribution in [0.2, 0.25) is 0 Å². The van der Waals surface area contributed by atoms with Crippen molar-refractivity contribution in [1.29, 1.82) is 0 Å². The molecule has 0 unspecified atom stereocenters. The van der Waals surface area contributed by atoms with Crippen molar-refractivity contribution < 1.29 is 17.6 Å². The van der Waals surface area contributed by atoms with Gasteiger partial charge in [-0.25, -0.2) is 0 Å². The SMILES string of the molecule is CCCCN1CCC(Nc2c(F)c(F)nc(F)c2F)CC1. The molecule has 1 aliphatic rings. The van der Waals surface area contributed by atoms with Gasteiger partial charge in [0, 0.05) is 19.1 Å². The van der Waals surface area contributed by atoms with Gasteiger partial charge in [-0.15, -0.1) is 0 Å². The first kappa shape index (κ1) is 16.0. The normalized spacial score (nSPS) is 17.2. The van der Waals surface area contributed by atoms with Crippen LogP contribution in [0.4, 0.5) is 23.2 Å². The number of hydrogen-bond acceptors (Lipinski definition) is 3. The number of aromatic nitrogens is 1. The van der Waals surface area contributed by atoms with Crippen LogP contribution >= 0.6 is 0 Å². The Hall–Kier alpha value is -1.37. The van der Waals surface area contributed by atoms with Crippen molar-refractivity contribution in [3.63, 3.8) is 0 Å². The monoisotopic (exact) mass is 305 g/mol. The Morgan fingerprint density at radius 3 is 2.19 bits per heavy atom. The second kappa shape index (κ2) is 7.06. The van der Waals surface area contributed by atoms with E-state index in [0.717, 1.165) is 32.5 Å². The molecular formula is C14H19F4N3. The molecule has 1 aliphatic heterocycles. The number of rotatable bonds is 5. The molecule has 0 spiro atoms. The van der Waals surface area contributed by atoms with Gasteiger partial charge in [-0.1, -0.05) is 13.3 Å². The average molecular weight is 305 g/mol. The average Bonchev–Trinajstić information content (AvgIpc) is 2.49. The van der Waals surface area contributed by atoms with Crippen LogP contribution in [0.3, 0.4) is 0 Å². The van der Waals surface area contributed by atoms with Crippen molar-refractivity contribution in [1.82, 2.24) is 9.88 Å². The highest BCUT2D eigenvalue weighted by Crippen LogP contribution is 2.25. The first-order valence-electron chi connectivity index (χ1n) is 7.21. The topological polar surface area (TPSA) is 28.2 Å². The summed E-state index contributed by atoms with van der Waals surface area (Å²) in [5.74, 6) is -6.20. The predicted octanol–water partition coefficient (Wildman–Crippen LogP) is 3.31. The summed E-state index contributed by atoms with van der Waals surface area (Å²) < 4.78 is 53.1. The highest BCUT2D eigenvalue weighted by Gasteiger charge is 2.25. The van der Waals surface area contributed by atoms with Gasteiger partial charge < -0.3 is 10.2 Å². The molecule has 0 aromatic carbocycles. The molecule has 118 valence electrons. The third-order valence-electron chi connectivity index (χ3n) is 3.76. The number of pyridine rings is 1. The molecule has 1 aromatic heterocycles. The third kappa shape index (κ3) is 3.84. The molecule has 0 radical (unpaired) electrons. The van der Waals surface area contributed by atoms with E-state index in [-0.39, 0.29) is 6.04 Å². The van der Waals surface area contributed by atoms with Crippen molar-refractivity contribution in [2.75, 3.05) is 25.0 Å². The standard InChI is InChI=1S/C14H19F4N3/c1-2-3-6-21-7-4-9(5-8-21)19-12-10(15)13(17)20-14(18)11(12)16/h9H,2-8H2,1H3,(H,19,20).